The summed E-state index contributed by atoms with van der Waals surface area (Å²) < 4.78 is 7.81. The van der Waals surface area contributed by atoms with Crippen molar-refractivity contribution in [2.75, 3.05) is 18.8 Å². The van der Waals surface area contributed by atoms with Gasteiger partial charge in [-0.15, -0.1) is 16.9 Å². The molecule has 2 aromatic rings. The molecule has 1 amide bonds. The maximum absolute atomic E-state index is 12.5. The van der Waals surface area contributed by atoms with Crippen LogP contribution in [0.2, 0.25) is 0 Å². The van der Waals surface area contributed by atoms with Gasteiger partial charge in [0.1, 0.15) is 0 Å². The fourth-order valence-corrected chi connectivity index (χ4v) is 3.98. The van der Waals surface area contributed by atoms with E-state index in [9.17, 15) is 4.79 Å². The van der Waals surface area contributed by atoms with E-state index in [-0.39, 0.29) is 18.1 Å². The van der Waals surface area contributed by atoms with Gasteiger partial charge in [0.2, 0.25) is 5.91 Å². The van der Waals surface area contributed by atoms with Crippen molar-refractivity contribution in [3.05, 3.63) is 42.2 Å². The van der Waals surface area contributed by atoms with Gasteiger partial charge in [0.15, 0.2) is 0 Å². The fraction of sp³-hybridized carbons (Fsp3) is 0.438. The molecule has 0 bridgehead atoms. The minimum atomic E-state index is 0.0840. The first kappa shape index (κ1) is 14.7. The second kappa shape index (κ2) is 6.33. The number of piperidine rings is 1. The van der Waals surface area contributed by atoms with Crippen LogP contribution in [0.3, 0.4) is 0 Å². The average Bonchev–Trinajstić information content (AvgIpc) is 3.09. The number of carbonyl (C=O) groups is 1. The largest absolute Gasteiger partial charge is 0.370 e. The molecule has 4 rings (SSSR count). The zero-order chi connectivity index (χ0) is 15.6. The lowest BCUT2D eigenvalue weighted by Gasteiger charge is -2.41. The van der Waals surface area contributed by atoms with Crippen molar-refractivity contribution < 1.29 is 9.53 Å². The quantitative estimate of drug-likeness (QED) is 0.802. The van der Waals surface area contributed by atoms with Gasteiger partial charge in [-0.3, -0.25) is 4.79 Å². The van der Waals surface area contributed by atoms with E-state index in [0.717, 1.165) is 23.6 Å². The van der Waals surface area contributed by atoms with Crippen LogP contribution in [-0.4, -0.2) is 50.7 Å². The Labute approximate surface area is 138 Å². The highest BCUT2D eigenvalue weighted by Crippen LogP contribution is 2.30. The van der Waals surface area contributed by atoms with E-state index >= 15 is 0 Å². The number of hydrogen-bond acceptors (Lipinski definition) is 5. The van der Waals surface area contributed by atoms with Crippen LogP contribution in [0, 0.1) is 0 Å². The zero-order valence-corrected chi connectivity index (χ0v) is 13.5. The number of nitrogens with zero attached hydrogens (tertiary/aromatic N) is 4. The Balaban J connectivity index is 1.40. The van der Waals surface area contributed by atoms with Crippen LogP contribution < -0.4 is 0 Å². The van der Waals surface area contributed by atoms with E-state index in [1.165, 1.54) is 0 Å². The average molecular weight is 330 g/mol. The van der Waals surface area contributed by atoms with Gasteiger partial charge in [0.25, 0.3) is 0 Å². The first-order valence-electron chi connectivity index (χ1n) is 7.77. The van der Waals surface area contributed by atoms with Crippen molar-refractivity contribution in [2.45, 2.75) is 30.1 Å². The molecule has 0 N–H and O–H groups in total. The minimum absolute atomic E-state index is 0.0840. The summed E-state index contributed by atoms with van der Waals surface area (Å²) in [5.41, 5.74) is 0.985. The summed E-state index contributed by atoms with van der Waals surface area (Å²) in [5.74, 6) is 0.636. The third kappa shape index (κ3) is 2.98. The van der Waals surface area contributed by atoms with Crippen molar-refractivity contribution in [1.82, 2.24) is 19.9 Å². The number of likely N-dealkylation sites (tertiary alicyclic amines) is 1. The van der Waals surface area contributed by atoms with Gasteiger partial charge in [-0.2, -0.15) is 0 Å². The molecule has 7 heteroatoms. The summed E-state index contributed by atoms with van der Waals surface area (Å²) in [6.45, 7) is 1.96. The maximum atomic E-state index is 12.5. The lowest BCUT2D eigenvalue weighted by molar-refractivity contribution is -0.135. The Morgan fingerprint density at radius 1 is 1.35 bits per heavy atom. The molecule has 1 aromatic heterocycles. The van der Waals surface area contributed by atoms with E-state index in [0.29, 0.717) is 18.9 Å². The molecular weight excluding hydrogens is 312 g/mol. The lowest BCUT2D eigenvalue weighted by Crippen LogP contribution is -2.50. The Kier molecular flexibility index (Phi) is 4.05. The van der Waals surface area contributed by atoms with Gasteiger partial charge in [-0.25, -0.2) is 4.68 Å². The Hall–Kier alpha value is -1.86. The molecule has 0 unspecified atom stereocenters. The molecule has 2 aliphatic heterocycles. The summed E-state index contributed by atoms with van der Waals surface area (Å²) in [4.78, 5) is 15.6. The van der Waals surface area contributed by atoms with Crippen LogP contribution in [-0.2, 0) is 16.1 Å². The highest BCUT2D eigenvalue weighted by Gasteiger charge is 2.37. The molecule has 2 aliphatic rings. The van der Waals surface area contributed by atoms with E-state index in [4.69, 9.17) is 4.74 Å². The maximum Gasteiger partial charge on any atom is 0.233 e. The van der Waals surface area contributed by atoms with E-state index in [1.807, 2.05) is 39.9 Å². The number of carbonyl (C=O) groups excluding carboxylic acids is 1. The number of benzene rings is 1. The summed E-state index contributed by atoms with van der Waals surface area (Å²) in [6.07, 6.45) is 2.73. The molecule has 1 aromatic carbocycles. The number of rotatable bonds is 3. The zero-order valence-electron chi connectivity index (χ0n) is 12.7. The number of thioether (sulfide) groups is 1. The number of amides is 1. The molecule has 120 valence electrons. The predicted octanol–water partition coefficient (Wildman–Crippen LogP) is 1.74. The minimum Gasteiger partial charge on any atom is -0.370 e. The van der Waals surface area contributed by atoms with Gasteiger partial charge in [-0.05, 0) is 18.6 Å². The Morgan fingerprint density at radius 2 is 2.22 bits per heavy atom. The molecule has 0 radical (unpaired) electrons. The monoisotopic (exact) mass is 330 g/mol. The smallest absolute Gasteiger partial charge is 0.233 e. The molecule has 1 fully saturated rings. The first-order valence-corrected chi connectivity index (χ1v) is 8.76. The van der Waals surface area contributed by atoms with Crippen molar-refractivity contribution in [3.63, 3.8) is 0 Å². The van der Waals surface area contributed by atoms with Crippen molar-refractivity contribution in [2.24, 2.45) is 0 Å². The van der Waals surface area contributed by atoms with Crippen LogP contribution in [0.15, 0.2) is 41.4 Å². The van der Waals surface area contributed by atoms with Gasteiger partial charge in [-0.1, -0.05) is 23.4 Å². The van der Waals surface area contributed by atoms with Crippen molar-refractivity contribution in [3.8, 4) is 0 Å². The van der Waals surface area contributed by atoms with E-state index in [1.54, 1.807) is 18.0 Å². The van der Waals surface area contributed by atoms with Crippen LogP contribution in [0.1, 0.15) is 18.2 Å². The topological polar surface area (TPSA) is 60.3 Å². The molecule has 23 heavy (non-hydrogen) atoms. The molecule has 0 spiro atoms. The van der Waals surface area contributed by atoms with Crippen LogP contribution in [0.25, 0.3) is 0 Å². The second-order valence-electron chi connectivity index (χ2n) is 5.82. The summed E-state index contributed by atoms with van der Waals surface area (Å²) in [7, 11) is 0. The SMILES string of the molecule is O=C(CSc1ccccc1)N1CC[C@H]2OCc3cnnn3[C@H]2C1. The van der Waals surface area contributed by atoms with Gasteiger partial charge in [0, 0.05) is 18.0 Å². The third-order valence-corrected chi connectivity index (χ3v) is 5.38. The molecule has 0 aliphatic carbocycles. The number of fused-ring (bicyclic) bond motifs is 3. The fourth-order valence-electron chi connectivity index (χ4n) is 3.16. The van der Waals surface area contributed by atoms with Crippen molar-refractivity contribution >= 4 is 17.7 Å². The predicted molar refractivity (Wildman–Crippen MR) is 86.0 cm³/mol. The normalized spacial score (nSPS) is 23.2. The molecule has 1 saturated heterocycles. The highest BCUT2D eigenvalue weighted by atomic mass is 32.2. The summed E-state index contributed by atoms with van der Waals surface area (Å²) in [5, 5.41) is 8.14. The van der Waals surface area contributed by atoms with Gasteiger partial charge in [0.05, 0.1) is 36.4 Å². The second-order valence-corrected chi connectivity index (χ2v) is 6.87. The van der Waals surface area contributed by atoms with E-state index < -0.39 is 0 Å². The number of aromatic nitrogens is 3. The highest BCUT2D eigenvalue weighted by molar-refractivity contribution is 8.00. The Morgan fingerprint density at radius 3 is 3.09 bits per heavy atom. The summed E-state index contributed by atoms with van der Waals surface area (Å²) in [6, 6.07) is 10.1. The Bertz CT molecular complexity index is 690. The molecular formula is C16H18N4O2S. The lowest BCUT2D eigenvalue weighted by atomic mass is 10.0. The molecule has 0 saturated carbocycles. The van der Waals surface area contributed by atoms with E-state index in [2.05, 4.69) is 10.3 Å². The van der Waals surface area contributed by atoms with Crippen LogP contribution in [0.5, 0.6) is 0 Å². The van der Waals surface area contributed by atoms with Crippen LogP contribution >= 0.6 is 11.8 Å². The van der Waals surface area contributed by atoms with Crippen LogP contribution in [0.4, 0.5) is 0 Å². The summed E-state index contributed by atoms with van der Waals surface area (Å²) >= 11 is 1.58. The molecule has 2 atom stereocenters. The molecule has 3 heterocycles. The standard InChI is InChI=1S/C16H18N4O2S/c21-16(11-23-13-4-2-1-3-5-13)19-7-6-15-14(9-19)20-12(10-22-15)8-17-18-20/h1-5,8,14-15H,6-7,9-11H2/t14-,15+/m0/s1. The first-order chi connectivity index (χ1) is 11.3. The number of ether oxygens (including phenoxy) is 1. The third-order valence-electron chi connectivity index (χ3n) is 4.39. The van der Waals surface area contributed by atoms with Crippen molar-refractivity contribution in [1.29, 1.82) is 0 Å². The number of hydrogen-bond donors (Lipinski definition) is 0. The van der Waals surface area contributed by atoms with Gasteiger partial charge >= 0.3 is 0 Å². The van der Waals surface area contributed by atoms with Gasteiger partial charge < -0.3 is 9.64 Å². The molecule has 6 nitrogen and oxygen atoms in total.